The van der Waals surface area contributed by atoms with Gasteiger partial charge in [-0.05, 0) is 18.6 Å². The third-order valence-corrected chi connectivity index (χ3v) is 3.89. The fourth-order valence-corrected chi connectivity index (χ4v) is 2.78. The third kappa shape index (κ3) is 2.62. The van der Waals surface area contributed by atoms with Crippen LogP contribution in [0.3, 0.4) is 0 Å². The zero-order valence-corrected chi connectivity index (χ0v) is 13.1. The summed E-state index contributed by atoms with van der Waals surface area (Å²) in [6.07, 6.45) is 3.15. The van der Waals surface area contributed by atoms with Gasteiger partial charge < -0.3 is 4.90 Å². The summed E-state index contributed by atoms with van der Waals surface area (Å²) in [5, 5.41) is 0. The van der Waals surface area contributed by atoms with Crippen LogP contribution < -0.4 is 0 Å². The molecule has 0 radical (unpaired) electrons. The molecule has 0 saturated carbocycles. The van der Waals surface area contributed by atoms with E-state index in [1.807, 2.05) is 6.07 Å². The second-order valence-electron chi connectivity index (χ2n) is 5.29. The molecule has 0 saturated heterocycles. The summed E-state index contributed by atoms with van der Waals surface area (Å²) in [6, 6.07) is 8.90. The van der Waals surface area contributed by atoms with Gasteiger partial charge in [-0.3, -0.25) is 4.98 Å². The molecule has 0 aliphatic carbocycles. The molecule has 2 aromatic rings. The molecule has 0 fully saturated rings. The normalized spacial score (nSPS) is 14.9. The number of pyridine rings is 1. The minimum absolute atomic E-state index is 0.0720. The second-order valence-corrected chi connectivity index (χ2v) is 5.29. The van der Waals surface area contributed by atoms with Gasteiger partial charge in [0, 0.05) is 12.1 Å². The van der Waals surface area contributed by atoms with E-state index < -0.39 is 17.5 Å². The smallest absolute Gasteiger partial charge is 0.153 e. The lowest BCUT2D eigenvalue weighted by Gasteiger charge is -2.33. The predicted molar refractivity (Wildman–Crippen MR) is 88.1 cm³/mol. The van der Waals surface area contributed by atoms with Crippen molar-refractivity contribution in [1.82, 2.24) is 9.88 Å². The van der Waals surface area contributed by atoms with E-state index in [-0.39, 0.29) is 17.0 Å². The topological polar surface area (TPSA) is 16.1 Å². The Kier molecular flexibility index (Phi) is 4.25. The summed E-state index contributed by atoms with van der Waals surface area (Å²) in [5.41, 5.74) is 1.13. The van der Waals surface area contributed by atoms with Crippen LogP contribution in [0, 0.1) is 11.6 Å². The predicted octanol–water partition coefficient (Wildman–Crippen LogP) is 4.93. The summed E-state index contributed by atoms with van der Waals surface area (Å²) < 4.78 is 43.0. The molecule has 1 aliphatic heterocycles. The lowest BCUT2D eigenvalue weighted by molar-refractivity contribution is 0.468. The van der Waals surface area contributed by atoms with Gasteiger partial charge in [0.05, 0.1) is 29.4 Å². The van der Waals surface area contributed by atoms with Gasteiger partial charge in [0.25, 0.3) is 0 Å². The summed E-state index contributed by atoms with van der Waals surface area (Å²) in [5.74, 6) is -2.14. The van der Waals surface area contributed by atoms with Crippen molar-refractivity contribution < 1.29 is 13.2 Å². The van der Waals surface area contributed by atoms with Crippen molar-refractivity contribution in [2.45, 2.75) is 6.92 Å². The molecule has 2 heterocycles. The van der Waals surface area contributed by atoms with Gasteiger partial charge in [-0.1, -0.05) is 36.9 Å². The number of halogens is 3. The highest BCUT2D eigenvalue weighted by Gasteiger charge is 2.29. The monoisotopic (exact) mass is 328 g/mol. The van der Waals surface area contributed by atoms with E-state index in [9.17, 15) is 13.2 Å². The SMILES string of the molecule is C=C1C(F)=CC(c2ccccc2)=C(c2c(F)cncc2F)N1CC. The molecule has 0 amide bonds. The number of nitrogens with zero attached hydrogens (tertiary/aromatic N) is 2. The molecule has 0 atom stereocenters. The van der Waals surface area contributed by atoms with E-state index in [4.69, 9.17) is 0 Å². The van der Waals surface area contributed by atoms with E-state index in [0.717, 1.165) is 12.4 Å². The number of rotatable bonds is 3. The number of hydrogen-bond donors (Lipinski definition) is 0. The second kappa shape index (κ2) is 6.35. The molecule has 0 spiro atoms. The number of likely N-dealkylation sites (N-methyl/N-ethyl adjacent to an activating group) is 1. The number of hydrogen-bond acceptors (Lipinski definition) is 2. The van der Waals surface area contributed by atoms with Crippen LogP contribution in [0.25, 0.3) is 11.3 Å². The third-order valence-electron chi connectivity index (χ3n) is 3.89. The highest BCUT2D eigenvalue weighted by molar-refractivity contribution is 5.97. The fraction of sp³-hybridized carbons (Fsp3) is 0.105. The lowest BCUT2D eigenvalue weighted by Crippen LogP contribution is -2.26. The van der Waals surface area contributed by atoms with Gasteiger partial charge in [0.1, 0.15) is 5.83 Å². The van der Waals surface area contributed by atoms with Crippen LogP contribution in [0.5, 0.6) is 0 Å². The van der Waals surface area contributed by atoms with Gasteiger partial charge in [-0.2, -0.15) is 0 Å². The van der Waals surface area contributed by atoms with Gasteiger partial charge in [-0.15, -0.1) is 0 Å². The minimum atomic E-state index is -0.805. The fourth-order valence-electron chi connectivity index (χ4n) is 2.78. The first kappa shape index (κ1) is 16.1. The van der Waals surface area contributed by atoms with Crippen LogP contribution >= 0.6 is 0 Å². The maximum atomic E-state index is 14.4. The van der Waals surface area contributed by atoms with Crippen molar-refractivity contribution in [3.8, 4) is 0 Å². The molecule has 5 heteroatoms. The summed E-state index contributed by atoms with van der Waals surface area (Å²) in [6.45, 7) is 5.78. The molecule has 0 bridgehead atoms. The first-order chi connectivity index (χ1) is 11.5. The average molecular weight is 328 g/mol. The Balaban J connectivity index is 2.37. The van der Waals surface area contributed by atoms with Crippen molar-refractivity contribution in [3.05, 3.63) is 89.7 Å². The summed E-state index contributed by atoms with van der Waals surface area (Å²) >= 11 is 0. The first-order valence-electron chi connectivity index (χ1n) is 7.47. The van der Waals surface area contributed by atoms with Crippen molar-refractivity contribution in [2.75, 3.05) is 6.54 Å². The van der Waals surface area contributed by atoms with Crippen LogP contribution in [0.2, 0.25) is 0 Å². The van der Waals surface area contributed by atoms with Gasteiger partial charge in [0.15, 0.2) is 11.6 Å². The van der Waals surface area contributed by atoms with E-state index in [2.05, 4.69) is 11.6 Å². The van der Waals surface area contributed by atoms with Crippen molar-refractivity contribution in [3.63, 3.8) is 0 Å². The van der Waals surface area contributed by atoms with Gasteiger partial charge in [-0.25, -0.2) is 13.2 Å². The van der Waals surface area contributed by atoms with E-state index >= 15 is 0 Å². The molecule has 0 unspecified atom stereocenters. The quantitative estimate of drug-likeness (QED) is 0.794. The molecular weight excluding hydrogens is 313 g/mol. The summed E-state index contributed by atoms with van der Waals surface area (Å²) in [7, 11) is 0. The highest BCUT2D eigenvalue weighted by Crippen LogP contribution is 2.40. The Hall–Kier alpha value is -2.82. The van der Waals surface area contributed by atoms with Crippen LogP contribution in [0.4, 0.5) is 13.2 Å². The number of allylic oxidation sites excluding steroid dienone is 3. The average Bonchev–Trinajstić information content (AvgIpc) is 2.58. The molecular formula is C19H15F3N2. The molecule has 1 aromatic carbocycles. The largest absolute Gasteiger partial charge is 0.339 e. The standard InChI is InChI=1S/C19H15F3N2/c1-3-24-12(2)15(20)9-14(13-7-5-4-6-8-13)19(24)18-16(21)10-23-11-17(18)22/h4-11H,2-3H2,1H3. The van der Waals surface area contributed by atoms with E-state index in [1.54, 1.807) is 31.2 Å². The Morgan fingerprint density at radius 3 is 2.25 bits per heavy atom. The van der Waals surface area contributed by atoms with Crippen LogP contribution in [-0.4, -0.2) is 16.4 Å². The van der Waals surface area contributed by atoms with Gasteiger partial charge in [0.2, 0.25) is 0 Å². The van der Waals surface area contributed by atoms with E-state index in [1.165, 1.54) is 11.0 Å². The van der Waals surface area contributed by atoms with Crippen LogP contribution in [-0.2, 0) is 0 Å². The molecule has 2 nitrogen and oxygen atoms in total. The van der Waals surface area contributed by atoms with Crippen LogP contribution in [0.1, 0.15) is 18.1 Å². The van der Waals surface area contributed by atoms with Crippen LogP contribution in [0.15, 0.2) is 66.9 Å². The number of aromatic nitrogens is 1. The minimum Gasteiger partial charge on any atom is -0.339 e. The zero-order chi connectivity index (χ0) is 17.3. The molecule has 1 aliphatic rings. The maximum absolute atomic E-state index is 14.4. The molecule has 3 rings (SSSR count). The van der Waals surface area contributed by atoms with E-state index in [0.29, 0.717) is 17.7 Å². The molecule has 24 heavy (non-hydrogen) atoms. The number of benzene rings is 1. The van der Waals surface area contributed by atoms with Crippen molar-refractivity contribution >= 4 is 11.3 Å². The molecule has 122 valence electrons. The Bertz CT molecular complexity index is 834. The van der Waals surface area contributed by atoms with Crippen molar-refractivity contribution in [1.29, 1.82) is 0 Å². The molecule has 0 N–H and O–H groups in total. The Morgan fingerprint density at radius 1 is 1.04 bits per heavy atom. The van der Waals surface area contributed by atoms with Gasteiger partial charge >= 0.3 is 0 Å². The lowest BCUT2D eigenvalue weighted by atomic mass is 9.94. The van der Waals surface area contributed by atoms with Crippen molar-refractivity contribution in [2.24, 2.45) is 0 Å². The summed E-state index contributed by atoms with van der Waals surface area (Å²) in [4.78, 5) is 4.99. The zero-order valence-electron chi connectivity index (χ0n) is 13.1. The Labute approximate surface area is 138 Å². The highest BCUT2D eigenvalue weighted by atomic mass is 19.1. The maximum Gasteiger partial charge on any atom is 0.153 e. The Morgan fingerprint density at radius 2 is 1.67 bits per heavy atom. The molecule has 1 aromatic heterocycles. The first-order valence-corrected chi connectivity index (χ1v) is 7.47.